The van der Waals surface area contributed by atoms with Gasteiger partial charge in [0.25, 0.3) is 0 Å². The van der Waals surface area contributed by atoms with E-state index in [9.17, 15) is 14.4 Å². The number of nitriles is 1. The van der Waals surface area contributed by atoms with E-state index >= 15 is 0 Å². The molecule has 1 N–H and O–H groups in total. The molecular weight excluding hydrogens is 346 g/mol. The van der Waals surface area contributed by atoms with Crippen molar-refractivity contribution in [1.29, 1.82) is 5.26 Å². The highest BCUT2D eigenvalue weighted by Crippen LogP contribution is 2.22. The van der Waals surface area contributed by atoms with Gasteiger partial charge in [-0.05, 0) is 18.2 Å². The molecule has 0 saturated heterocycles. The van der Waals surface area contributed by atoms with Gasteiger partial charge in [0.1, 0.15) is 18.4 Å². The second kappa shape index (κ2) is 8.08. The van der Waals surface area contributed by atoms with Crippen molar-refractivity contribution in [3.63, 3.8) is 0 Å². The molecule has 6 nitrogen and oxygen atoms in total. The lowest BCUT2D eigenvalue weighted by atomic mass is 10.1. The molecule has 0 aromatic heterocycles. The molecule has 0 fully saturated rings. The summed E-state index contributed by atoms with van der Waals surface area (Å²) in [6.45, 7) is 0.0646. The molecule has 2 aromatic carbocycles. The Bertz CT molecular complexity index is 885. The molecule has 7 heteroatoms. The van der Waals surface area contributed by atoms with Crippen molar-refractivity contribution in [1.82, 2.24) is 0 Å². The quantitative estimate of drug-likeness (QED) is 0.464. The Labute approximate surface area is 148 Å². The van der Waals surface area contributed by atoms with Crippen molar-refractivity contribution < 1.29 is 24.2 Å². The van der Waals surface area contributed by atoms with Crippen LogP contribution in [0, 0.1) is 11.3 Å². The number of ether oxygens (including phenoxy) is 1. The van der Waals surface area contributed by atoms with E-state index in [-0.39, 0.29) is 12.2 Å². The molecule has 0 aliphatic carbocycles. The monoisotopic (exact) mass is 357 g/mol. The summed E-state index contributed by atoms with van der Waals surface area (Å²) >= 11 is 5.95. The summed E-state index contributed by atoms with van der Waals surface area (Å²) in [6, 6.07) is 13.0. The maximum absolute atomic E-state index is 11.9. The van der Waals surface area contributed by atoms with Crippen molar-refractivity contribution in [2.45, 2.75) is 13.0 Å². The molecule has 0 radical (unpaired) electrons. The van der Waals surface area contributed by atoms with Crippen LogP contribution in [0.2, 0.25) is 5.02 Å². The van der Waals surface area contributed by atoms with E-state index in [0.29, 0.717) is 21.9 Å². The molecule has 0 unspecified atom stereocenters. The molecule has 0 bridgehead atoms. The van der Waals surface area contributed by atoms with Crippen LogP contribution in [-0.4, -0.2) is 22.6 Å². The Morgan fingerprint density at radius 1 is 1.16 bits per heavy atom. The summed E-state index contributed by atoms with van der Waals surface area (Å²) in [6.07, 6.45) is -0.717. The van der Waals surface area contributed by atoms with E-state index in [4.69, 9.17) is 26.7 Å². The summed E-state index contributed by atoms with van der Waals surface area (Å²) in [4.78, 5) is 33.6. The number of carboxylic acid groups (broad SMARTS) is 1. The molecule has 0 saturated carbocycles. The third-order valence-corrected chi connectivity index (χ3v) is 3.64. The fourth-order valence-corrected chi connectivity index (χ4v) is 2.29. The minimum atomic E-state index is -1.65. The topological polar surface area (TPSA) is 104 Å². The summed E-state index contributed by atoms with van der Waals surface area (Å²) in [5.74, 6) is -3.09. The second-order valence-electron chi connectivity index (χ2n) is 5.03. The molecule has 2 rings (SSSR count). The average Bonchev–Trinajstić information content (AvgIpc) is 2.60. The van der Waals surface area contributed by atoms with Gasteiger partial charge in [0.15, 0.2) is 5.78 Å². The van der Waals surface area contributed by atoms with Crippen LogP contribution in [0.4, 0.5) is 0 Å². The maximum atomic E-state index is 11.9. The number of ketones is 2. The predicted molar refractivity (Wildman–Crippen MR) is 88.5 cm³/mol. The molecule has 0 aliphatic rings. The molecule has 0 atom stereocenters. The van der Waals surface area contributed by atoms with E-state index in [1.54, 1.807) is 30.3 Å². The van der Waals surface area contributed by atoms with E-state index in [1.165, 1.54) is 12.1 Å². The summed E-state index contributed by atoms with van der Waals surface area (Å²) in [5.41, 5.74) is 1.06. The third-order valence-electron chi connectivity index (χ3n) is 3.32. The van der Waals surface area contributed by atoms with Gasteiger partial charge in [-0.2, -0.15) is 5.26 Å². The highest BCUT2D eigenvalue weighted by atomic mass is 35.5. The highest BCUT2D eigenvalue weighted by molar-refractivity contribution is 6.37. The number of halogens is 1. The largest absolute Gasteiger partial charge is 0.489 e. The SMILES string of the molecule is N#Cc1c(Cl)cccc1COc1cccc(C(=O)CC(=O)C(=O)O)c1. The second-order valence-corrected chi connectivity index (χ2v) is 5.44. The summed E-state index contributed by atoms with van der Waals surface area (Å²) in [5, 5.41) is 18.0. The first-order valence-corrected chi connectivity index (χ1v) is 7.50. The van der Waals surface area contributed by atoms with Gasteiger partial charge in [-0.3, -0.25) is 9.59 Å². The molecule has 0 heterocycles. The number of rotatable bonds is 7. The number of hydrogen-bond donors (Lipinski definition) is 1. The number of aliphatic carboxylic acids is 1. The standard InChI is InChI=1S/C18H12ClNO5/c19-15-6-2-4-12(14(15)9-20)10-25-13-5-1-3-11(7-13)16(21)8-17(22)18(23)24/h1-7H,8,10H2,(H,23,24). The predicted octanol–water partition coefficient (Wildman–Crippen LogP) is 3.02. The van der Waals surface area contributed by atoms with Crippen molar-refractivity contribution in [3.8, 4) is 11.8 Å². The van der Waals surface area contributed by atoms with Gasteiger partial charge in [0.05, 0.1) is 17.0 Å². The number of Topliss-reactive ketones (excluding diaryl/α,β-unsaturated/α-hetero) is 2. The minimum Gasteiger partial charge on any atom is -0.489 e. The number of benzene rings is 2. The fraction of sp³-hybridized carbons (Fsp3) is 0.111. The van der Waals surface area contributed by atoms with Crippen molar-refractivity contribution >= 4 is 29.1 Å². The smallest absolute Gasteiger partial charge is 0.372 e. The normalized spacial score (nSPS) is 9.92. The van der Waals surface area contributed by atoms with Crippen LogP contribution in [0.25, 0.3) is 0 Å². The Balaban J connectivity index is 2.11. The van der Waals surface area contributed by atoms with Gasteiger partial charge in [-0.15, -0.1) is 0 Å². The Morgan fingerprint density at radius 2 is 1.88 bits per heavy atom. The molecule has 0 amide bonds. The van der Waals surface area contributed by atoms with Crippen LogP contribution in [0.5, 0.6) is 5.75 Å². The zero-order valence-electron chi connectivity index (χ0n) is 12.9. The van der Waals surface area contributed by atoms with Crippen LogP contribution in [0.1, 0.15) is 27.9 Å². The van der Waals surface area contributed by atoms with Gasteiger partial charge in [0.2, 0.25) is 5.78 Å². The minimum absolute atomic E-state index is 0.0646. The first-order chi connectivity index (χ1) is 11.9. The van der Waals surface area contributed by atoms with Crippen LogP contribution >= 0.6 is 11.6 Å². The van der Waals surface area contributed by atoms with Crippen LogP contribution < -0.4 is 4.74 Å². The van der Waals surface area contributed by atoms with Gasteiger partial charge in [0, 0.05) is 11.1 Å². The fourth-order valence-electron chi connectivity index (χ4n) is 2.06. The average molecular weight is 358 g/mol. The first kappa shape index (κ1) is 18.2. The van der Waals surface area contributed by atoms with Crippen molar-refractivity contribution in [2.75, 3.05) is 0 Å². The summed E-state index contributed by atoms with van der Waals surface area (Å²) in [7, 11) is 0. The van der Waals surface area contributed by atoms with Crippen LogP contribution in [0.3, 0.4) is 0 Å². The van der Waals surface area contributed by atoms with E-state index < -0.39 is 24.0 Å². The molecule has 126 valence electrons. The molecule has 0 spiro atoms. The lowest BCUT2D eigenvalue weighted by Gasteiger charge is -2.09. The van der Waals surface area contributed by atoms with Crippen molar-refractivity contribution in [2.24, 2.45) is 0 Å². The van der Waals surface area contributed by atoms with Crippen LogP contribution in [-0.2, 0) is 16.2 Å². The van der Waals surface area contributed by atoms with Crippen LogP contribution in [0.15, 0.2) is 42.5 Å². The molecular formula is C18H12ClNO5. The highest BCUT2D eigenvalue weighted by Gasteiger charge is 2.18. The molecule has 0 aliphatic heterocycles. The number of carbonyl (C=O) groups excluding carboxylic acids is 2. The number of hydrogen-bond acceptors (Lipinski definition) is 5. The van der Waals surface area contributed by atoms with Gasteiger partial charge >= 0.3 is 5.97 Å². The van der Waals surface area contributed by atoms with Gasteiger partial charge in [-0.25, -0.2) is 4.79 Å². The number of nitrogens with zero attached hydrogens (tertiary/aromatic N) is 1. The van der Waals surface area contributed by atoms with Gasteiger partial charge in [-0.1, -0.05) is 35.9 Å². The number of carboxylic acids is 1. The maximum Gasteiger partial charge on any atom is 0.372 e. The lowest BCUT2D eigenvalue weighted by Crippen LogP contribution is -2.17. The lowest BCUT2D eigenvalue weighted by molar-refractivity contribution is -0.148. The van der Waals surface area contributed by atoms with E-state index in [0.717, 1.165) is 0 Å². The molecule has 25 heavy (non-hydrogen) atoms. The molecule has 2 aromatic rings. The number of carbonyl (C=O) groups is 3. The van der Waals surface area contributed by atoms with E-state index in [1.807, 2.05) is 6.07 Å². The summed E-state index contributed by atoms with van der Waals surface area (Å²) < 4.78 is 5.57. The van der Waals surface area contributed by atoms with E-state index in [2.05, 4.69) is 0 Å². The first-order valence-electron chi connectivity index (χ1n) is 7.12. The zero-order chi connectivity index (χ0) is 18.4. The van der Waals surface area contributed by atoms with Crippen molar-refractivity contribution in [3.05, 3.63) is 64.2 Å². The Morgan fingerprint density at radius 3 is 2.56 bits per heavy atom. The third kappa shape index (κ3) is 4.66. The zero-order valence-corrected chi connectivity index (χ0v) is 13.6. The Hall–Kier alpha value is -3.17. The Kier molecular flexibility index (Phi) is 5.88. The van der Waals surface area contributed by atoms with Gasteiger partial charge < -0.3 is 9.84 Å².